The Hall–Kier alpha value is -2.69. The van der Waals surface area contributed by atoms with Crippen LogP contribution in [0.25, 0.3) is 0 Å². The zero-order valence-electron chi connectivity index (χ0n) is 13.0. The van der Waals surface area contributed by atoms with Crippen LogP contribution in [0, 0.1) is 19.7 Å². The molecule has 1 saturated heterocycles. The van der Waals surface area contributed by atoms with Gasteiger partial charge in [-0.05, 0) is 49.7 Å². The van der Waals surface area contributed by atoms with Gasteiger partial charge in [0.15, 0.2) is 0 Å². The van der Waals surface area contributed by atoms with E-state index in [4.69, 9.17) is 0 Å². The number of carbonyl (C=O) groups excluding carboxylic acids is 2. The Bertz CT molecular complexity index is 771. The van der Waals surface area contributed by atoms with E-state index in [1.165, 1.54) is 17.0 Å². The molecule has 0 aliphatic carbocycles. The van der Waals surface area contributed by atoms with Gasteiger partial charge in [-0.1, -0.05) is 17.7 Å². The number of benzene rings is 2. The van der Waals surface area contributed by atoms with Gasteiger partial charge in [0.1, 0.15) is 11.9 Å². The number of carbonyl (C=O) groups is 2. The molecule has 0 spiro atoms. The number of halogens is 1. The number of hydrogen-bond acceptors (Lipinski definition) is 3. The van der Waals surface area contributed by atoms with Crippen molar-refractivity contribution in [3.05, 3.63) is 59.4 Å². The minimum atomic E-state index is -0.631. The highest BCUT2D eigenvalue weighted by Crippen LogP contribution is 2.28. The minimum Gasteiger partial charge on any atom is -0.373 e. The summed E-state index contributed by atoms with van der Waals surface area (Å²) in [5.74, 6) is -0.867. The molecule has 1 heterocycles. The van der Waals surface area contributed by atoms with E-state index in [-0.39, 0.29) is 24.1 Å². The van der Waals surface area contributed by atoms with Gasteiger partial charge < -0.3 is 5.32 Å². The standard InChI is InChI=1S/C18H17FN2O2/c1-11-3-8-16(12(2)9-11)21-17(22)10-15(18(21)23)20-14-6-4-13(19)5-7-14/h3-9,15,20H,10H2,1-2H3/t15-/m1/s1. The third-order valence-corrected chi connectivity index (χ3v) is 3.92. The molecule has 23 heavy (non-hydrogen) atoms. The van der Waals surface area contributed by atoms with Crippen LogP contribution in [0.1, 0.15) is 17.5 Å². The summed E-state index contributed by atoms with van der Waals surface area (Å²) in [5.41, 5.74) is 3.19. The van der Waals surface area contributed by atoms with E-state index < -0.39 is 6.04 Å². The molecule has 3 rings (SSSR count). The average Bonchev–Trinajstić information content (AvgIpc) is 2.77. The van der Waals surface area contributed by atoms with Gasteiger partial charge in [-0.2, -0.15) is 0 Å². The van der Waals surface area contributed by atoms with Crippen LogP contribution in [-0.2, 0) is 9.59 Å². The van der Waals surface area contributed by atoms with Crippen molar-refractivity contribution in [3.63, 3.8) is 0 Å². The topological polar surface area (TPSA) is 49.4 Å². The number of amides is 2. The fourth-order valence-electron chi connectivity index (χ4n) is 2.80. The van der Waals surface area contributed by atoms with Crippen LogP contribution in [0.4, 0.5) is 15.8 Å². The lowest BCUT2D eigenvalue weighted by molar-refractivity contribution is -0.121. The van der Waals surface area contributed by atoms with E-state index in [1.54, 1.807) is 18.2 Å². The van der Waals surface area contributed by atoms with Gasteiger partial charge in [-0.25, -0.2) is 9.29 Å². The van der Waals surface area contributed by atoms with Gasteiger partial charge >= 0.3 is 0 Å². The Morgan fingerprint density at radius 3 is 2.43 bits per heavy atom. The zero-order valence-corrected chi connectivity index (χ0v) is 13.0. The van der Waals surface area contributed by atoms with E-state index in [0.717, 1.165) is 11.1 Å². The van der Waals surface area contributed by atoms with Gasteiger partial charge in [-0.3, -0.25) is 9.59 Å². The summed E-state index contributed by atoms with van der Waals surface area (Å²) in [6.45, 7) is 3.84. The van der Waals surface area contributed by atoms with E-state index in [0.29, 0.717) is 11.4 Å². The second-order valence-corrected chi connectivity index (χ2v) is 5.77. The first-order chi connectivity index (χ1) is 11.0. The molecular formula is C18H17FN2O2. The molecule has 2 aromatic carbocycles. The SMILES string of the molecule is Cc1ccc(N2C(=O)C[C@@H](Nc3ccc(F)cc3)C2=O)c(C)c1. The quantitative estimate of drug-likeness (QED) is 0.886. The molecular weight excluding hydrogens is 295 g/mol. The molecule has 1 aliphatic rings. The molecule has 4 nitrogen and oxygen atoms in total. The molecule has 2 aromatic rings. The molecule has 1 fully saturated rings. The van der Waals surface area contributed by atoms with E-state index in [1.807, 2.05) is 26.0 Å². The Kier molecular flexibility index (Phi) is 3.86. The molecule has 1 aliphatic heterocycles. The maximum absolute atomic E-state index is 12.9. The minimum absolute atomic E-state index is 0.0868. The first kappa shape index (κ1) is 15.2. The summed E-state index contributed by atoms with van der Waals surface area (Å²) in [6, 6.07) is 10.7. The Balaban J connectivity index is 1.83. The van der Waals surface area contributed by atoms with Crippen LogP contribution < -0.4 is 10.2 Å². The number of anilines is 2. The van der Waals surface area contributed by atoms with Crippen molar-refractivity contribution < 1.29 is 14.0 Å². The first-order valence-electron chi connectivity index (χ1n) is 7.42. The van der Waals surface area contributed by atoms with Crippen LogP contribution in [0.5, 0.6) is 0 Å². The lowest BCUT2D eigenvalue weighted by Gasteiger charge is -2.18. The summed E-state index contributed by atoms with van der Waals surface area (Å²) >= 11 is 0. The molecule has 0 aromatic heterocycles. The average molecular weight is 312 g/mol. The van der Waals surface area contributed by atoms with E-state index >= 15 is 0 Å². The van der Waals surface area contributed by atoms with Crippen molar-refractivity contribution in [1.82, 2.24) is 0 Å². The third kappa shape index (κ3) is 2.95. The predicted octanol–water partition coefficient (Wildman–Crippen LogP) is 3.19. The molecule has 0 unspecified atom stereocenters. The second kappa shape index (κ2) is 5.83. The van der Waals surface area contributed by atoms with Crippen LogP contribution in [0.15, 0.2) is 42.5 Å². The summed E-state index contributed by atoms with van der Waals surface area (Å²) in [6.07, 6.45) is 0.0868. The molecule has 1 atom stereocenters. The zero-order chi connectivity index (χ0) is 16.6. The van der Waals surface area contributed by atoms with Crippen molar-refractivity contribution >= 4 is 23.2 Å². The van der Waals surface area contributed by atoms with Crippen molar-refractivity contribution in [2.45, 2.75) is 26.3 Å². The van der Waals surface area contributed by atoms with Crippen molar-refractivity contribution in [3.8, 4) is 0 Å². The van der Waals surface area contributed by atoms with Gasteiger partial charge in [0.05, 0.1) is 12.1 Å². The Morgan fingerprint density at radius 1 is 1.09 bits per heavy atom. The highest BCUT2D eigenvalue weighted by molar-refractivity contribution is 6.23. The maximum atomic E-state index is 12.9. The lowest BCUT2D eigenvalue weighted by Crippen LogP contribution is -2.35. The number of nitrogens with zero attached hydrogens (tertiary/aromatic N) is 1. The normalized spacial score (nSPS) is 17.7. The number of aryl methyl sites for hydroxylation is 2. The van der Waals surface area contributed by atoms with Crippen molar-refractivity contribution in [2.75, 3.05) is 10.2 Å². The van der Waals surface area contributed by atoms with E-state index in [9.17, 15) is 14.0 Å². The predicted molar refractivity (Wildman–Crippen MR) is 86.8 cm³/mol. The monoisotopic (exact) mass is 312 g/mol. The van der Waals surface area contributed by atoms with Crippen LogP contribution in [-0.4, -0.2) is 17.9 Å². The lowest BCUT2D eigenvalue weighted by atomic mass is 10.1. The molecule has 0 saturated carbocycles. The Labute approximate surface area is 133 Å². The summed E-state index contributed by atoms with van der Waals surface area (Å²) in [7, 11) is 0. The molecule has 1 N–H and O–H groups in total. The number of imide groups is 1. The summed E-state index contributed by atoms with van der Waals surface area (Å²) in [4.78, 5) is 26.1. The number of nitrogens with one attached hydrogen (secondary N) is 1. The number of rotatable bonds is 3. The highest BCUT2D eigenvalue weighted by atomic mass is 19.1. The highest BCUT2D eigenvalue weighted by Gasteiger charge is 2.40. The van der Waals surface area contributed by atoms with Crippen molar-refractivity contribution in [1.29, 1.82) is 0 Å². The molecule has 5 heteroatoms. The summed E-state index contributed by atoms with van der Waals surface area (Å²) in [5, 5.41) is 3.00. The molecule has 0 radical (unpaired) electrons. The third-order valence-electron chi connectivity index (χ3n) is 3.92. The van der Waals surface area contributed by atoms with Crippen LogP contribution >= 0.6 is 0 Å². The van der Waals surface area contributed by atoms with Crippen molar-refractivity contribution in [2.24, 2.45) is 0 Å². The second-order valence-electron chi connectivity index (χ2n) is 5.77. The fraction of sp³-hybridized carbons (Fsp3) is 0.222. The summed E-state index contributed by atoms with van der Waals surface area (Å²) < 4.78 is 12.9. The van der Waals surface area contributed by atoms with E-state index in [2.05, 4.69) is 5.32 Å². The first-order valence-corrected chi connectivity index (χ1v) is 7.42. The fourth-order valence-corrected chi connectivity index (χ4v) is 2.80. The largest absolute Gasteiger partial charge is 0.373 e. The molecule has 0 bridgehead atoms. The van der Waals surface area contributed by atoms with Crippen LogP contribution in [0.3, 0.4) is 0 Å². The van der Waals surface area contributed by atoms with Gasteiger partial charge in [-0.15, -0.1) is 0 Å². The molecule has 2 amide bonds. The smallest absolute Gasteiger partial charge is 0.256 e. The maximum Gasteiger partial charge on any atom is 0.256 e. The molecule has 118 valence electrons. The van der Waals surface area contributed by atoms with Gasteiger partial charge in [0.2, 0.25) is 5.91 Å². The number of hydrogen-bond donors (Lipinski definition) is 1. The van der Waals surface area contributed by atoms with Crippen LogP contribution in [0.2, 0.25) is 0 Å². The van der Waals surface area contributed by atoms with Gasteiger partial charge in [0.25, 0.3) is 5.91 Å². The Morgan fingerprint density at radius 2 is 1.78 bits per heavy atom. The van der Waals surface area contributed by atoms with Gasteiger partial charge in [0, 0.05) is 5.69 Å².